The van der Waals surface area contributed by atoms with E-state index in [0.29, 0.717) is 5.56 Å². The van der Waals surface area contributed by atoms with Crippen LogP contribution in [0.1, 0.15) is 31.1 Å². The van der Waals surface area contributed by atoms with Gasteiger partial charge in [-0.05, 0) is 32.9 Å². The maximum absolute atomic E-state index is 12.0. The Morgan fingerprint density at radius 1 is 1.05 bits per heavy atom. The van der Waals surface area contributed by atoms with Crippen molar-refractivity contribution >= 4 is 5.91 Å². The van der Waals surface area contributed by atoms with Gasteiger partial charge in [-0.3, -0.25) is 9.78 Å². The molecule has 1 amide bonds. The topological polar surface area (TPSA) is 42.0 Å². The predicted molar refractivity (Wildman–Crippen MR) is 76.9 cm³/mol. The Labute approximate surface area is 113 Å². The van der Waals surface area contributed by atoms with Crippen molar-refractivity contribution in [1.29, 1.82) is 0 Å². The first-order valence-corrected chi connectivity index (χ1v) is 6.30. The molecule has 3 heteroatoms. The third-order valence-electron chi connectivity index (χ3n) is 2.58. The lowest BCUT2D eigenvalue weighted by molar-refractivity contribution is 0.0919. The molecule has 0 spiro atoms. The first-order chi connectivity index (χ1) is 8.96. The zero-order valence-electron chi connectivity index (χ0n) is 11.5. The van der Waals surface area contributed by atoms with Crippen molar-refractivity contribution in [2.75, 3.05) is 0 Å². The number of rotatable bonds is 2. The molecule has 98 valence electrons. The molecule has 0 radical (unpaired) electrons. The molecule has 0 atom stereocenters. The van der Waals surface area contributed by atoms with Gasteiger partial charge >= 0.3 is 0 Å². The van der Waals surface area contributed by atoms with Crippen LogP contribution in [0.25, 0.3) is 11.3 Å². The van der Waals surface area contributed by atoms with Crippen molar-refractivity contribution in [1.82, 2.24) is 10.3 Å². The van der Waals surface area contributed by atoms with Gasteiger partial charge in [-0.25, -0.2) is 0 Å². The highest BCUT2D eigenvalue weighted by atomic mass is 16.1. The van der Waals surface area contributed by atoms with Crippen LogP contribution in [0.4, 0.5) is 0 Å². The lowest BCUT2D eigenvalue weighted by Crippen LogP contribution is -2.40. The normalized spacial score (nSPS) is 11.1. The van der Waals surface area contributed by atoms with Gasteiger partial charge in [-0.15, -0.1) is 0 Å². The molecule has 0 aliphatic heterocycles. The van der Waals surface area contributed by atoms with Crippen molar-refractivity contribution in [2.24, 2.45) is 0 Å². The number of carbonyl (C=O) groups is 1. The molecule has 1 aromatic carbocycles. The maximum atomic E-state index is 12.0. The SMILES string of the molecule is CC(C)(C)NC(=O)c1ccc(-c2ccccc2)nc1. The summed E-state index contributed by atoms with van der Waals surface area (Å²) in [6.45, 7) is 5.87. The van der Waals surface area contributed by atoms with Crippen LogP contribution in [0.15, 0.2) is 48.7 Å². The van der Waals surface area contributed by atoms with Gasteiger partial charge in [-0.1, -0.05) is 30.3 Å². The van der Waals surface area contributed by atoms with Crippen LogP contribution in [-0.4, -0.2) is 16.4 Å². The Bertz CT molecular complexity index is 554. The zero-order valence-corrected chi connectivity index (χ0v) is 11.5. The fourth-order valence-corrected chi connectivity index (χ4v) is 1.72. The molecule has 2 rings (SSSR count). The number of carbonyl (C=O) groups excluding carboxylic acids is 1. The molecule has 0 unspecified atom stereocenters. The average Bonchev–Trinajstić information content (AvgIpc) is 2.38. The van der Waals surface area contributed by atoms with Crippen LogP contribution in [0.2, 0.25) is 0 Å². The van der Waals surface area contributed by atoms with Gasteiger partial charge in [0.05, 0.1) is 11.3 Å². The number of nitrogens with zero attached hydrogens (tertiary/aromatic N) is 1. The minimum atomic E-state index is -0.241. The van der Waals surface area contributed by atoms with Crippen molar-refractivity contribution in [3.05, 3.63) is 54.2 Å². The minimum Gasteiger partial charge on any atom is -0.347 e. The maximum Gasteiger partial charge on any atom is 0.253 e. The molecular weight excluding hydrogens is 236 g/mol. The molecule has 2 aromatic rings. The van der Waals surface area contributed by atoms with E-state index >= 15 is 0 Å². The molecule has 0 aliphatic carbocycles. The summed E-state index contributed by atoms with van der Waals surface area (Å²) >= 11 is 0. The van der Waals surface area contributed by atoms with E-state index in [0.717, 1.165) is 11.3 Å². The molecule has 1 heterocycles. The summed E-state index contributed by atoms with van der Waals surface area (Å²) in [4.78, 5) is 16.3. The van der Waals surface area contributed by atoms with E-state index in [1.54, 1.807) is 12.3 Å². The van der Waals surface area contributed by atoms with Crippen molar-refractivity contribution < 1.29 is 4.79 Å². The van der Waals surface area contributed by atoms with Gasteiger partial charge in [0.15, 0.2) is 0 Å². The van der Waals surface area contributed by atoms with Crippen LogP contribution in [-0.2, 0) is 0 Å². The molecule has 0 aliphatic rings. The molecular formula is C16H18N2O. The largest absolute Gasteiger partial charge is 0.347 e. The summed E-state index contributed by atoms with van der Waals surface area (Å²) in [5.74, 6) is -0.0976. The van der Waals surface area contributed by atoms with E-state index < -0.39 is 0 Å². The Morgan fingerprint density at radius 2 is 1.74 bits per heavy atom. The highest BCUT2D eigenvalue weighted by Gasteiger charge is 2.15. The number of aromatic nitrogens is 1. The lowest BCUT2D eigenvalue weighted by atomic mass is 10.1. The third kappa shape index (κ3) is 3.65. The Balaban J connectivity index is 2.17. The van der Waals surface area contributed by atoms with E-state index in [-0.39, 0.29) is 11.4 Å². The Hall–Kier alpha value is -2.16. The first-order valence-electron chi connectivity index (χ1n) is 6.30. The minimum absolute atomic E-state index is 0.0976. The molecule has 0 saturated carbocycles. The monoisotopic (exact) mass is 254 g/mol. The van der Waals surface area contributed by atoms with Crippen LogP contribution in [0, 0.1) is 0 Å². The zero-order chi connectivity index (χ0) is 13.9. The van der Waals surface area contributed by atoms with E-state index in [2.05, 4.69) is 10.3 Å². The van der Waals surface area contributed by atoms with Gasteiger partial charge in [-0.2, -0.15) is 0 Å². The lowest BCUT2D eigenvalue weighted by Gasteiger charge is -2.20. The second kappa shape index (κ2) is 5.22. The van der Waals surface area contributed by atoms with Crippen LogP contribution < -0.4 is 5.32 Å². The number of amides is 1. The quantitative estimate of drug-likeness (QED) is 0.893. The van der Waals surface area contributed by atoms with Gasteiger partial charge < -0.3 is 5.32 Å². The third-order valence-corrected chi connectivity index (χ3v) is 2.58. The van der Waals surface area contributed by atoms with E-state index in [1.807, 2.05) is 57.2 Å². The van der Waals surface area contributed by atoms with Crippen molar-refractivity contribution in [3.63, 3.8) is 0 Å². The van der Waals surface area contributed by atoms with Gasteiger partial charge in [0.2, 0.25) is 0 Å². The molecule has 0 bridgehead atoms. The molecule has 0 fully saturated rings. The molecule has 1 N–H and O–H groups in total. The van der Waals surface area contributed by atoms with E-state index in [1.165, 1.54) is 0 Å². The predicted octanol–water partition coefficient (Wildman–Crippen LogP) is 3.28. The Morgan fingerprint density at radius 3 is 2.26 bits per heavy atom. The van der Waals surface area contributed by atoms with Gasteiger partial charge in [0.1, 0.15) is 0 Å². The van der Waals surface area contributed by atoms with Crippen molar-refractivity contribution in [3.8, 4) is 11.3 Å². The molecule has 0 saturated heterocycles. The molecule has 3 nitrogen and oxygen atoms in total. The summed E-state index contributed by atoms with van der Waals surface area (Å²) in [5, 5.41) is 2.92. The van der Waals surface area contributed by atoms with Crippen LogP contribution in [0.3, 0.4) is 0 Å². The number of hydrogen-bond donors (Lipinski definition) is 1. The van der Waals surface area contributed by atoms with Gasteiger partial charge in [0, 0.05) is 17.3 Å². The summed E-state index contributed by atoms with van der Waals surface area (Å²) < 4.78 is 0. The van der Waals surface area contributed by atoms with Crippen LogP contribution >= 0.6 is 0 Å². The highest BCUT2D eigenvalue weighted by molar-refractivity contribution is 5.94. The second-order valence-corrected chi connectivity index (χ2v) is 5.50. The highest BCUT2D eigenvalue weighted by Crippen LogP contribution is 2.16. The molecule has 19 heavy (non-hydrogen) atoms. The molecule has 1 aromatic heterocycles. The smallest absolute Gasteiger partial charge is 0.253 e. The summed E-state index contributed by atoms with van der Waals surface area (Å²) in [5.41, 5.74) is 2.25. The summed E-state index contributed by atoms with van der Waals surface area (Å²) in [7, 11) is 0. The van der Waals surface area contributed by atoms with Crippen molar-refractivity contribution in [2.45, 2.75) is 26.3 Å². The van der Waals surface area contributed by atoms with Crippen LogP contribution in [0.5, 0.6) is 0 Å². The first kappa shape index (κ1) is 13.3. The average molecular weight is 254 g/mol. The van der Waals surface area contributed by atoms with E-state index in [9.17, 15) is 4.79 Å². The number of hydrogen-bond acceptors (Lipinski definition) is 2. The fraction of sp³-hybridized carbons (Fsp3) is 0.250. The fourth-order valence-electron chi connectivity index (χ4n) is 1.72. The second-order valence-electron chi connectivity index (χ2n) is 5.50. The number of benzene rings is 1. The number of pyridine rings is 1. The number of nitrogens with one attached hydrogen (secondary N) is 1. The summed E-state index contributed by atoms with van der Waals surface area (Å²) in [6, 6.07) is 13.6. The van der Waals surface area contributed by atoms with Gasteiger partial charge in [0.25, 0.3) is 5.91 Å². The summed E-state index contributed by atoms with van der Waals surface area (Å²) in [6.07, 6.45) is 1.61. The Kier molecular flexibility index (Phi) is 3.65. The standard InChI is InChI=1S/C16H18N2O/c1-16(2,3)18-15(19)13-9-10-14(17-11-13)12-7-5-4-6-8-12/h4-11H,1-3H3,(H,18,19). The van der Waals surface area contributed by atoms with E-state index in [4.69, 9.17) is 0 Å².